The van der Waals surface area contributed by atoms with Gasteiger partial charge in [0.15, 0.2) is 0 Å². The lowest BCUT2D eigenvalue weighted by atomic mass is 9.81. The molecule has 0 saturated carbocycles. The van der Waals surface area contributed by atoms with Crippen molar-refractivity contribution in [2.24, 2.45) is 5.92 Å². The zero-order valence-electron chi connectivity index (χ0n) is 17.6. The van der Waals surface area contributed by atoms with Crippen LogP contribution in [-0.4, -0.2) is 62.2 Å². The summed E-state index contributed by atoms with van der Waals surface area (Å²) in [6.07, 6.45) is 0.980. The van der Waals surface area contributed by atoms with E-state index in [9.17, 15) is 4.79 Å². The predicted octanol–water partition coefficient (Wildman–Crippen LogP) is 3.81. The molecule has 2 aliphatic rings. The first-order valence-corrected chi connectivity index (χ1v) is 10.9. The first kappa shape index (κ1) is 21.2. The predicted molar refractivity (Wildman–Crippen MR) is 118 cm³/mol. The molecule has 2 aromatic rings. The number of carbonyl (C=O) groups is 1. The highest BCUT2D eigenvalue weighted by atomic mass is 35.5. The van der Waals surface area contributed by atoms with Crippen LogP contribution in [0.3, 0.4) is 0 Å². The van der Waals surface area contributed by atoms with Gasteiger partial charge in [0.2, 0.25) is 5.91 Å². The third-order valence-electron chi connectivity index (χ3n) is 6.48. The molecule has 160 valence electrons. The zero-order chi connectivity index (χ0) is 21.1. The van der Waals surface area contributed by atoms with E-state index in [2.05, 4.69) is 29.2 Å². The van der Waals surface area contributed by atoms with Crippen LogP contribution in [0, 0.1) is 5.92 Å². The van der Waals surface area contributed by atoms with Crippen LogP contribution < -0.4 is 4.74 Å². The lowest BCUT2D eigenvalue weighted by Crippen LogP contribution is -2.49. The number of methoxy groups -OCH3 is 2. The highest BCUT2D eigenvalue weighted by Crippen LogP contribution is 2.42. The Morgan fingerprint density at radius 2 is 1.93 bits per heavy atom. The van der Waals surface area contributed by atoms with Gasteiger partial charge in [0.1, 0.15) is 12.4 Å². The number of hydrogen-bond acceptors (Lipinski definition) is 4. The molecule has 0 aliphatic carbocycles. The summed E-state index contributed by atoms with van der Waals surface area (Å²) in [6.45, 7) is 3.55. The van der Waals surface area contributed by atoms with E-state index in [0.717, 1.165) is 43.4 Å². The molecule has 30 heavy (non-hydrogen) atoms. The van der Waals surface area contributed by atoms with Crippen molar-refractivity contribution in [3.05, 3.63) is 64.7 Å². The molecule has 6 heteroatoms. The van der Waals surface area contributed by atoms with Crippen LogP contribution in [0.4, 0.5) is 0 Å². The molecule has 0 N–H and O–H groups in total. The number of halogens is 1. The Bertz CT molecular complexity index is 873. The van der Waals surface area contributed by atoms with Crippen molar-refractivity contribution in [1.82, 2.24) is 9.80 Å². The van der Waals surface area contributed by atoms with Gasteiger partial charge in [0.25, 0.3) is 0 Å². The average molecular weight is 429 g/mol. The standard InChI is InChI=1S/C24H29ClN2O3/c1-29-16-24(28)26-11-10-23-22(15-26)21(18-6-8-20(30-2)9-7-18)14-27(23)13-17-4-3-5-19(25)12-17/h3-9,12,21-23H,10-11,13-16H2,1-2H3/t21-,22-,23-/m1/s1. The molecule has 0 unspecified atom stereocenters. The summed E-state index contributed by atoms with van der Waals surface area (Å²) < 4.78 is 10.4. The molecule has 0 spiro atoms. The van der Waals surface area contributed by atoms with Gasteiger partial charge < -0.3 is 14.4 Å². The summed E-state index contributed by atoms with van der Waals surface area (Å²) in [5, 5.41) is 0.773. The van der Waals surface area contributed by atoms with Crippen LogP contribution in [0.5, 0.6) is 5.75 Å². The maximum absolute atomic E-state index is 12.5. The fraction of sp³-hybridized carbons (Fsp3) is 0.458. The molecule has 3 atom stereocenters. The van der Waals surface area contributed by atoms with E-state index in [1.807, 2.05) is 29.2 Å². The Kier molecular flexibility index (Phi) is 6.61. The lowest BCUT2D eigenvalue weighted by molar-refractivity contribution is -0.137. The van der Waals surface area contributed by atoms with Crippen LogP contribution in [0.25, 0.3) is 0 Å². The summed E-state index contributed by atoms with van der Waals surface area (Å²) >= 11 is 6.22. The van der Waals surface area contributed by atoms with Crippen LogP contribution in [0.15, 0.2) is 48.5 Å². The average Bonchev–Trinajstić information content (AvgIpc) is 3.11. The first-order valence-electron chi connectivity index (χ1n) is 10.5. The molecule has 0 bridgehead atoms. The van der Waals surface area contributed by atoms with E-state index < -0.39 is 0 Å². The number of rotatable bonds is 6. The molecule has 5 nitrogen and oxygen atoms in total. The molecule has 2 fully saturated rings. The molecule has 2 heterocycles. The van der Waals surface area contributed by atoms with Gasteiger partial charge >= 0.3 is 0 Å². The molecular formula is C24H29ClN2O3. The third kappa shape index (κ3) is 4.48. The number of fused-ring (bicyclic) bond motifs is 1. The van der Waals surface area contributed by atoms with Gasteiger partial charge in [-0.05, 0) is 41.8 Å². The van der Waals surface area contributed by atoms with Gasteiger partial charge in [-0.15, -0.1) is 0 Å². The minimum Gasteiger partial charge on any atom is -0.497 e. The Labute approximate surface area is 183 Å². The second kappa shape index (κ2) is 9.38. The van der Waals surface area contributed by atoms with E-state index in [4.69, 9.17) is 21.1 Å². The number of carbonyl (C=O) groups excluding carboxylic acids is 1. The molecule has 2 aliphatic heterocycles. The number of amides is 1. The molecule has 0 radical (unpaired) electrons. The normalized spacial score (nSPS) is 24.0. The number of ether oxygens (including phenoxy) is 2. The smallest absolute Gasteiger partial charge is 0.248 e. The number of benzene rings is 2. The molecule has 2 aromatic carbocycles. The van der Waals surface area contributed by atoms with Crippen molar-refractivity contribution in [1.29, 1.82) is 0 Å². The van der Waals surface area contributed by atoms with Crippen LogP contribution >= 0.6 is 11.6 Å². The van der Waals surface area contributed by atoms with Gasteiger partial charge in [0.05, 0.1) is 7.11 Å². The quantitative estimate of drug-likeness (QED) is 0.701. The van der Waals surface area contributed by atoms with Crippen molar-refractivity contribution in [2.75, 3.05) is 40.5 Å². The number of nitrogens with zero attached hydrogens (tertiary/aromatic N) is 2. The van der Waals surface area contributed by atoms with E-state index >= 15 is 0 Å². The highest BCUT2D eigenvalue weighted by molar-refractivity contribution is 6.30. The summed E-state index contributed by atoms with van der Waals surface area (Å²) in [6, 6.07) is 17.0. The van der Waals surface area contributed by atoms with Gasteiger partial charge in [-0.1, -0.05) is 35.9 Å². The lowest BCUT2D eigenvalue weighted by Gasteiger charge is -2.39. The Hall–Kier alpha value is -2.08. The second-order valence-electron chi connectivity index (χ2n) is 8.23. The van der Waals surface area contributed by atoms with Crippen molar-refractivity contribution in [3.8, 4) is 5.75 Å². The monoisotopic (exact) mass is 428 g/mol. The maximum atomic E-state index is 12.5. The molecule has 1 amide bonds. The second-order valence-corrected chi connectivity index (χ2v) is 8.67. The highest BCUT2D eigenvalue weighted by Gasteiger charge is 2.45. The van der Waals surface area contributed by atoms with Crippen molar-refractivity contribution >= 4 is 17.5 Å². The van der Waals surface area contributed by atoms with E-state index in [1.165, 1.54) is 11.1 Å². The minimum absolute atomic E-state index is 0.0812. The Morgan fingerprint density at radius 1 is 1.13 bits per heavy atom. The fourth-order valence-electron chi connectivity index (χ4n) is 5.04. The van der Waals surface area contributed by atoms with Gasteiger partial charge in [-0.3, -0.25) is 9.69 Å². The number of piperidine rings is 1. The summed E-state index contributed by atoms with van der Waals surface area (Å²) in [4.78, 5) is 17.0. The largest absolute Gasteiger partial charge is 0.497 e. The van der Waals surface area contributed by atoms with Gasteiger partial charge in [-0.2, -0.15) is 0 Å². The maximum Gasteiger partial charge on any atom is 0.248 e. The van der Waals surface area contributed by atoms with Gasteiger partial charge in [0, 0.05) is 56.2 Å². The molecular weight excluding hydrogens is 400 g/mol. The topological polar surface area (TPSA) is 42.0 Å². The van der Waals surface area contributed by atoms with Crippen LogP contribution in [0.1, 0.15) is 23.5 Å². The minimum atomic E-state index is 0.0812. The molecule has 4 rings (SSSR count). The van der Waals surface area contributed by atoms with E-state index in [0.29, 0.717) is 17.9 Å². The summed E-state index contributed by atoms with van der Waals surface area (Å²) in [5.41, 5.74) is 2.54. The zero-order valence-corrected chi connectivity index (χ0v) is 18.3. The number of hydrogen-bond donors (Lipinski definition) is 0. The first-order chi connectivity index (χ1) is 14.6. The van der Waals surface area contributed by atoms with E-state index in [1.54, 1.807) is 14.2 Å². The van der Waals surface area contributed by atoms with Crippen molar-refractivity contribution < 1.29 is 14.3 Å². The fourth-order valence-corrected chi connectivity index (χ4v) is 5.25. The van der Waals surface area contributed by atoms with E-state index in [-0.39, 0.29) is 12.5 Å². The van der Waals surface area contributed by atoms with Crippen molar-refractivity contribution in [3.63, 3.8) is 0 Å². The summed E-state index contributed by atoms with van der Waals surface area (Å²) in [7, 11) is 3.26. The Morgan fingerprint density at radius 3 is 2.63 bits per heavy atom. The SMILES string of the molecule is COCC(=O)N1CC[C@@H]2[C@H](C1)[C@@H](c1ccc(OC)cc1)CN2Cc1cccc(Cl)c1. The van der Waals surface area contributed by atoms with Crippen LogP contribution in [0.2, 0.25) is 5.02 Å². The third-order valence-corrected chi connectivity index (χ3v) is 6.71. The summed E-state index contributed by atoms with van der Waals surface area (Å²) in [5.74, 6) is 1.72. The van der Waals surface area contributed by atoms with Crippen LogP contribution in [-0.2, 0) is 16.1 Å². The molecule has 0 aromatic heterocycles. The van der Waals surface area contributed by atoms with Crippen molar-refractivity contribution in [2.45, 2.75) is 24.9 Å². The van der Waals surface area contributed by atoms with Gasteiger partial charge in [-0.25, -0.2) is 0 Å². The molecule has 2 saturated heterocycles. The number of likely N-dealkylation sites (tertiary alicyclic amines) is 2. The Balaban J connectivity index is 1.58.